The van der Waals surface area contributed by atoms with Crippen LogP contribution in [0.2, 0.25) is 0 Å². The van der Waals surface area contributed by atoms with Gasteiger partial charge in [0.1, 0.15) is 10.7 Å². The van der Waals surface area contributed by atoms with Crippen LogP contribution in [0.15, 0.2) is 0 Å². The van der Waals surface area contributed by atoms with E-state index in [1.54, 1.807) is 0 Å². The molecular formula is C11H20N4S. The number of likely N-dealkylation sites (tertiary alicyclic amines) is 1. The highest BCUT2D eigenvalue weighted by molar-refractivity contribution is 7.09. The van der Waals surface area contributed by atoms with Crippen LogP contribution < -0.4 is 5.73 Å². The average molecular weight is 240 g/mol. The van der Waals surface area contributed by atoms with E-state index >= 15 is 0 Å². The third-order valence-corrected chi connectivity index (χ3v) is 3.99. The largest absolute Gasteiger partial charge is 0.388 e. The fraction of sp³-hybridized carbons (Fsp3) is 0.818. The Morgan fingerprint density at radius 2 is 2.19 bits per heavy atom. The van der Waals surface area contributed by atoms with Crippen LogP contribution in [0.3, 0.4) is 0 Å². The first-order chi connectivity index (χ1) is 7.57. The maximum absolute atomic E-state index is 5.82. The molecule has 1 fully saturated rings. The molecule has 0 aliphatic carbocycles. The maximum atomic E-state index is 5.82. The summed E-state index contributed by atoms with van der Waals surface area (Å²) in [6.45, 7) is 7.87. The summed E-state index contributed by atoms with van der Waals surface area (Å²) in [5, 5.41) is 4.85. The number of rotatable bonds is 2. The molecule has 2 N–H and O–H groups in total. The molecule has 0 unspecified atom stereocenters. The Morgan fingerprint density at radius 3 is 2.88 bits per heavy atom. The Balaban J connectivity index is 1.94. The highest BCUT2D eigenvalue weighted by Crippen LogP contribution is 2.30. The van der Waals surface area contributed by atoms with Crippen LogP contribution in [-0.4, -0.2) is 27.6 Å². The van der Waals surface area contributed by atoms with Crippen LogP contribution >= 0.6 is 11.5 Å². The van der Waals surface area contributed by atoms with Crippen LogP contribution in [0.1, 0.15) is 38.8 Å². The summed E-state index contributed by atoms with van der Waals surface area (Å²) in [6.07, 6.45) is 3.84. The van der Waals surface area contributed by atoms with Gasteiger partial charge in [-0.3, -0.25) is 4.90 Å². The van der Waals surface area contributed by atoms with Crippen molar-refractivity contribution in [3.05, 3.63) is 5.69 Å². The third-order valence-electron chi connectivity index (χ3n) is 3.39. The lowest BCUT2D eigenvalue weighted by molar-refractivity contribution is 0.254. The Bertz CT molecular complexity index is 348. The predicted octanol–water partition coefficient (Wildman–Crippen LogP) is 2.13. The lowest BCUT2D eigenvalue weighted by Gasteiger charge is -2.22. The van der Waals surface area contributed by atoms with E-state index in [9.17, 15) is 0 Å². The molecule has 0 saturated carbocycles. The van der Waals surface area contributed by atoms with Crippen molar-refractivity contribution >= 4 is 16.5 Å². The molecule has 4 nitrogen and oxygen atoms in total. The zero-order chi connectivity index (χ0) is 11.6. The summed E-state index contributed by atoms with van der Waals surface area (Å²) in [6, 6.07) is 0. The molecule has 1 aliphatic rings. The minimum absolute atomic E-state index is 0.487. The van der Waals surface area contributed by atoms with Gasteiger partial charge < -0.3 is 5.73 Å². The molecule has 0 atom stereocenters. The number of nitrogens with two attached hydrogens (primary N) is 1. The van der Waals surface area contributed by atoms with Crippen LogP contribution in [0, 0.1) is 5.41 Å². The van der Waals surface area contributed by atoms with Crippen molar-refractivity contribution in [1.29, 1.82) is 0 Å². The fourth-order valence-corrected chi connectivity index (χ4v) is 2.61. The lowest BCUT2D eigenvalue weighted by atomic mass is 9.85. The highest BCUT2D eigenvalue weighted by atomic mass is 32.1. The van der Waals surface area contributed by atoms with Crippen molar-refractivity contribution in [2.24, 2.45) is 5.41 Å². The van der Waals surface area contributed by atoms with Crippen molar-refractivity contribution in [1.82, 2.24) is 14.5 Å². The summed E-state index contributed by atoms with van der Waals surface area (Å²) in [4.78, 5) is 2.45. The number of aromatic nitrogens is 2. The number of hydrogen-bond acceptors (Lipinski definition) is 5. The second kappa shape index (κ2) is 4.67. The molecule has 90 valence electrons. The number of nitrogen functional groups attached to an aromatic ring is 1. The molecule has 2 heterocycles. The molecule has 1 aliphatic heterocycles. The molecule has 0 amide bonds. The van der Waals surface area contributed by atoms with E-state index in [0.29, 0.717) is 5.41 Å². The first-order valence-corrected chi connectivity index (χ1v) is 6.63. The Kier molecular flexibility index (Phi) is 3.44. The monoisotopic (exact) mass is 240 g/mol. The zero-order valence-electron chi connectivity index (χ0n) is 10.1. The molecule has 0 spiro atoms. The van der Waals surface area contributed by atoms with Crippen LogP contribution in [0.25, 0.3) is 0 Å². The lowest BCUT2D eigenvalue weighted by Crippen LogP contribution is -2.25. The molecule has 0 aromatic carbocycles. The smallest absolute Gasteiger partial charge is 0.132 e. The zero-order valence-corrected chi connectivity index (χ0v) is 10.9. The second-order valence-corrected chi connectivity index (χ2v) is 6.16. The molecule has 16 heavy (non-hydrogen) atoms. The Morgan fingerprint density at radius 1 is 1.38 bits per heavy atom. The van der Waals surface area contributed by atoms with Gasteiger partial charge in [-0.1, -0.05) is 18.3 Å². The van der Waals surface area contributed by atoms with Gasteiger partial charge in [0, 0.05) is 18.1 Å². The number of nitrogens with zero attached hydrogens (tertiary/aromatic N) is 3. The predicted molar refractivity (Wildman–Crippen MR) is 67.2 cm³/mol. The first-order valence-electron chi connectivity index (χ1n) is 5.86. The Hall–Kier alpha value is -0.680. The normalized spacial score (nSPS) is 21.9. The summed E-state index contributed by atoms with van der Waals surface area (Å²) in [5.41, 5.74) is 7.25. The molecule has 5 heteroatoms. The highest BCUT2D eigenvalue weighted by Gasteiger charge is 2.23. The van der Waals surface area contributed by atoms with Crippen molar-refractivity contribution in [2.75, 3.05) is 18.8 Å². The van der Waals surface area contributed by atoms with E-state index in [4.69, 9.17) is 5.73 Å². The first kappa shape index (κ1) is 11.8. The van der Waals surface area contributed by atoms with E-state index in [1.165, 1.54) is 30.8 Å². The van der Waals surface area contributed by atoms with E-state index in [2.05, 4.69) is 28.3 Å². The topological polar surface area (TPSA) is 55.0 Å². The summed E-state index contributed by atoms with van der Waals surface area (Å²) in [5.74, 6) is 0. The molecule has 0 bridgehead atoms. The molecule has 2 rings (SSSR count). The van der Waals surface area contributed by atoms with Gasteiger partial charge in [-0.2, -0.15) is 0 Å². The van der Waals surface area contributed by atoms with Gasteiger partial charge in [0.15, 0.2) is 0 Å². The SMILES string of the molecule is CC1(C)CCCN(Cc2nnsc2N)CC1. The van der Waals surface area contributed by atoms with Gasteiger partial charge in [-0.05, 0) is 37.8 Å². The molecule has 1 aromatic heterocycles. The molecule has 0 radical (unpaired) electrons. The van der Waals surface area contributed by atoms with Gasteiger partial charge in [-0.25, -0.2) is 0 Å². The van der Waals surface area contributed by atoms with Crippen LogP contribution in [0.4, 0.5) is 5.00 Å². The van der Waals surface area contributed by atoms with Crippen LogP contribution in [0.5, 0.6) is 0 Å². The Labute approximate surface area is 101 Å². The second-order valence-electron chi connectivity index (χ2n) is 5.38. The maximum Gasteiger partial charge on any atom is 0.132 e. The summed E-state index contributed by atoms with van der Waals surface area (Å²) in [7, 11) is 0. The number of hydrogen-bond donors (Lipinski definition) is 1. The number of anilines is 1. The quantitative estimate of drug-likeness (QED) is 0.860. The van der Waals surface area contributed by atoms with Gasteiger partial charge in [0.25, 0.3) is 0 Å². The van der Waals surface area contributed by atoms with Gasteiger partial charge in [0.2, 0.25) is 0 Å². The minimum Gasteiger partial charge on any atom is -0.388 e. The van der Waals surface area contributed by atoms with E-state index in [-0.39, 0.29) is 0 Å². The molecule has 1 saturated heterocycles. The summed E-state index contributed by atoms with van der Waals surface area (Å²) < 4.78 is 3.88. The fourth-order valence-electron chi connectivity index (χ4n) is 2.17. The molecular weight excluding hydrogens is 220 g/mol. The summed E-state index contributed by atoms with van der Waals surface area (Å²) >= 11 is 1.29. The standard InChI is InChI=1S/C11H20N4S/c1-11(2)4-3-6-15(7-5-11)8-9-10(12)16-14-13-9/h3-8,12H2,1-2H3. The van der Waals surface area contributed by atoms with E-state index in [1.807, 2.05) is 0 Å². The van der Waals surface area contributed by atoms with Gasteiger partial charge in [-0.15, -0.1) is 5.10 Å². The van der Waals surface area contributed by atoms with Crippen molar-refractivity contribution in [3.63, 3.8) is 0 Å². The van der Waals surface area contributed by atoms with Crippen molar-refractivity contribution < 1.29 is 0 Å². The van der Waals surface area contributed by atoms with E-state index < -0.39 is 0 Å². The van der Waals surface area contributed by atoms with E-state index in [0.717, 1.165) is 30.3 Å². The average Bonchev–Trinajstić information content (AvgIpc) is 2.52. The third kappa shape index (κ3) is 2.92. The molecule has 1 aromatic rings. The van der Waals surface area contributed by atoms with Crippen LogP contribution in [-0.2, 0) is 6.54 Å². The van der Waals surface area contributed by atoms with Crippen molar-refractivity contribution in [3.8, 4) is 0 Å². The van der Waals surface area contributed by atoms with Crippen molar-refractivity contribution in [2.45, 2.75) is 39.7 Å². The minimum atomic E-state index is 0.487. The van der Waals surface area contributed by atoms with Gasteiger partial charge in [0.05, 0.1) is 0 Å². The van der Waals surface area contributed by atoms with Gasteiger partial charge >= 0.3 is 0 Å².